The molecule has 0 amide bonds. The molecule has 0 atom stereocenters. The van der Waals surface area contributed by atoms with Gasteiger partial charge in [-0.15, -0.1) is 0 Å². The van der Waals surface area contributed by atoms with Crippen LogP contribution >= 0.6 is 23.5 Å². The number of rotatable bonds is 5. The molecule has 1 heterocycles. The summed E-state index contributed by atoms with van der Waals surface area (Å²) in [5, 5.41) is 1.11. The molecule has 4 nitrogen and oxygen atoms in total. The molecule has 1 saturated carbocycles. The number of aromatic nitrogens is 1. The van der Waals surface area contributed by atoms with E-state index in [9.17, 15) is 13.6 Å². The Morgan fingerprint density at radius 1 is 1.37 bits per heavy atom. The highest BCUT2D eigenvalue weighted by Crippen LogP contribution is 2.42. The summed E-state index contributed by atoms with van der Waals surface area (Å²) in [7, 11) is 0. The fourth-order valence-electron chi connectivity index (χ4n) is 2.78. The monoisotopic (exact) mass is 414 g/mol. The van der Waals surface area contributed by atoms with Gasteiger partial charge in [0, 0.05) is 41.2 Å². The molecule has 1 aliphatic carbocycles. The Morgan fingerprint density at radius 3 is 2.70 bits per heavy atom. The summed E-state index contributed by atoms with van der Waals surface area (Å²) in [6.07, 6.45) is 1.21. The van der Waals surface area contributed by atoms with E-state index in [0.717, 1.165) is 5.39 Å². The van der Waals surface area contributed by atoms with E-state index in [-0.39, 0.29) is 35.7 Å². The normalized spacial score (nSPS) is 17.4. The zero-order valence-electron chi connectivity index (χ0n) is 15.3. The van der Waals surface area contributed by atoms with E-state index in [1.165, 1.54) is 18.2 Å². The van der Waals surface area contributed by atoms with Gasteiger partial charge in [0.25, 0.3) is 5.56 Å². The zero-order valence-corrected chi connectivity index (χ0v) is 16.9. The first-order chi connectivity index (χ1) is 12.5. The summed E-state index contributed by atoms with van der Waals surface area (Å²) >= 11 is 7.64. The van der Waals surface area contributed by atoms with Crippen molar-refractivity contribution in [2.75, 3.05) is 6.61 Å². The van der Waals surface area contributed by atoms with Crippen LogP contribution in [0.2, 0.25) is 5.02 Å². The first kappa shape index (κ1) is 20.1. The molecular formula is C19H21ClF2N2O2S. The van der Waals surface area contributed by atoms with Crippen LogP contribution in [0.1, 0.15) is 39.2 Å². The fourth-order valence-corrected chi connectivity index (χ4v) is 3.49. The maximum absolute atomic E-state index is 12.9. The standard InChI is InChI=1S/C19H21ClF2N2O2S/c1-18(2,3)27-23-9-13-4-12-5-14(20)16(6-15(12)24-17(13)25)26-10-11-7-19(21,22)8-11/h4-6,9,11H,7-8,10H2,1-3H3,(H,24,25). The number of nitrogens with one attached hydrogen (secondary N) is 1. The van der Waals surface area contributed by atoms with Crippen LogP contribution in [0, 0.1) is 5.92 Å². The van der Waals surface area contributed by atoms with Gasteiger partial charge in [-0.2, -0.15) is 0 Å². The molecular weight excluding hydrogens is 394 g/mol. The minimum absolute atomic E-state index is 0.0416. The number of aromatic amines is 1. The van der Waals surface area contributed by atoms with Gasteiger partial charge < -0.3 is 9.72 Å². The van der Waals surface area contributed by atoms with Crippen LogP contribution < -0.4 is 10.3 Å². The second-order valence-electron chi connectivity index (χ2n) is 7.80. The van der Waals surface area contributed by atoms with E-state index in [1.807, 2.05) is 20.8 Å². The molecule has 0 bridgehead atoms. The van der Waals surface area contributed by atoms with Gasteiger partial charge in [0.2, 0.25) is 5.92 Å². The molecule has 0 aliphatic heterocycles. The van der Waals surface area contributed by atoms with Crippen LogP contribution in [0.4, 0.5) is 8.78 Å². The molecule has 0 spiro atoms. The van der Waals surface area contributed by atoms with Crippen molar-refractivity contribution < 1.29 is 13.5 Å². The molecule has 1 N–H and O–H groups in total. The molecule has 3 rings (SSSR count). The minimum atomic E-state index is -2.57. The van der Waals surface area contributed by atoms with Crippen LogP contribution in [-0.2, 0) is 0 Å². The van der Waals surface area contributed by atoms with Gasteiger partial charge >= 0.3 is 0 Å². The number of hydrogen-bond donors (Lipinski definition) is 1. The van der Waals surface area contributed by atoms with Gasteiger partial charge in [-0.3, -0.25) is 4.79 Å². The highest BCUT2D eigenvalue weighted by Gasteiger charge is 2.45. The molecule has 1 fully saturated rings. The highest BCUT2D eigenvalue weighted by molar-refractivity contribution is 7.99. The molecule has 2 aromatic rings. The van der Waals surface area contributed by atoms with Gasteiger partial charge in [-0.25, -0.2) is 13.2 Å². The maximum atomic E-state index is 12.9. The number of ether oxygens (including phenoxy) is 1. The lowest BCUT2D eigenvalue weighted by Gasteiger charge is -2.34. The summed E-state index contributed by atoms with van der Waals surface area (Å²) in [6, 6.07) is 5.02. The van der Waals surface area contributed by atoms with E-state index in [4.69, 9.17) is 16.3 Å². The van der Waals surface area contributed by atoms with Crippen LogP contribution in [0.25, 0.3) is 10.9 Å². The lowest BCUT2D eigenvalue weighted by atomic mass is 9.82. The van der Waals surface area contributed by atoms with Gasteiger partial charge in [-0.1, -0.05) is 11.6 Å². The Bertz CT molecular complexity index is 930. The number of H-pyrrole nitrogens is 1. The van der Waals surface area contributed by atoms with E-state index >= 15 is 0 Å². The minimum Gasteiger partial charge on any atom is -0.492 e. The van der Waals surface area contributed by atoms with Crippen molar-refractivity contribution in [3.63, 3.8) is 0 Å². The van der Waals surface area contributed by atoms with Gasteiger partial charge in [0.05, 0.1) is 22.7 Å². The summed E-state index contributed by atoms with van der Waals surface area (Å²) in [5.74, 6) is -2.38. The number of hydrogen-bond acceptors (Lipinski definition) is 4. The predicted octanol–water partition coefficient (Wildman–Crippen LogP) is 5.47. The lowest BCUT2D eigenvalue weighted by Crippen LogP contribution is -2.38. The molecule has 8 heteroatoms. The first-order valence-electron chi connectivity index (χ1n) is 8.61. The van der Waals surface area contributed by atoms with Crippen LogP contribution in [0.3, 0.4) is 0 Å². The summed E-state index contributed by atoms with van der Waals surface area (Å²) in [4.78, 5) is 15.1. The van der Waals surface area contributed by atoms with Crippen LogP contribution in [0.5, 0.6) is 5.75 Å². The Kier molecular flexibility index (Phi) is 5.54. The average Bonchev–Trinajstić information content (AvgIpc) is 2.51. The third-order valence-corrected chi connectivity index (χ3v) is 5.15. The van der Waals surface area contributed by atoms with Gasteiger partial charge in [0.15, 0.2) is 0 Å². The molecule has 1 aromatic carbocycles. The molecule has 146 valence electrons. The van der Waals surface area contributed by atoms with Crippen LogP contribution in [0.15, 0.2) is 27.4 Å². The summed E-state index contributed by atoms with van der Waals surface area (Å²) < 4.78 is 35.6. The smallest absolute Gasteiger partial charge is 0.257 e. The number of nitrogens with zero attached hydrogens (tertiary/aromatic N) is 1. The number of pyridine rings is 1. The van der Waals surface area contributed by atoms with Crippen molar-refractivity contribution in [3.8, 4) is 5.75 Å². The summed E-state index contributed by atoms with van der Waals surface area (Å²) in [6.45, 7) is 6.28. The maximum Gasteiger partial charge on any atom is 0.257 e. The van der Waals surface area contributed by atoms with Crippen molar-refractivity contribution in [1.82, 2.24) is 4.98 Å². The second-order valence-corrected chi connectivity index (χ2v) is 9.83. The molecule has 27 heavy (non-hydrogen) atoms. The largest absolute Gasteiger partial charge is 0.492 e. The topological polar surface area (TPSA) is 54.4 Å². The predicted molar refractivity (Wildman–Crippen MR) is 108 cm³/mol. The Morgan fingerprint density at radius 2 is 2.07 bits per heavy atom. The van der Waals surface area contributed by atoms with Crippen molar-refractivity contribution in [3.05, 3.63) is 39.1 Å². The second kappa shape index (κ2) is 7.43. The molecule has 0 unspecified atom stereocenters. The van der Waals surface area contributed by atoms with Gasteiger partial charge in [0.1, 0.15) is 5.75 Å². The molecule has 0 radical (unpaired) electrons. The lowest BCUT2D eigenvalue weighted by molar-refractivity contribution is -0.119. The fraction of sp³-hybridized carbons (Fsp3) is 0.474. The third kappa shape index (κ3) is 5.23. The molecule has 1 aliphatic rings. The molecule has 1 aromatic heterocycles. The van der Waals surface area contributed by atoms with E-state index in [0.29, 0.717) is 21.9 Å². The molecule has 0 saturated heterocycles. The van der Waals surface area contributed by atoms with Crippen molar-refractivity contribution in [2.45, 2.75) is 44.3 Å². The number of fused-ring (bicyclic) bond motifs is 1. The van der Waals surface area contributed by atoms with Crippen molar-refractivity contribution in [2.24, 2.45) is 10.3 Å². The average molecular weight is 415 g/mol. The van der Waals surface area contributed by atoms with E-state index in [2.05, 4.69) is 9.38 Å². The van der Waals surface area contributed by atoms with Crippen molar-refractivity contribution >= 4 is 40.7 Å². The zero-order chi connectivity index (χ0) is 19.8. The SMILES string of the molecule is CC(C)(C)SN=Cc1cc2cc(Cl)c(OCC3CC(F)(F)C3)cc2[nH]c1=O. The Hall–Kier alpha value is -1.60. The Balaban J connectivity index is 1.77. The van der Waals surface area contributed by atoms with Gasteiger partial charge in [-0.05, 0) is 44.9 Å². The third-order valence-electron chi connectivity index (χ3n) is 4.09. The highest BCUT2D eigenvalue weighted by atomic mass is 35.5. The quantitative estimate of drug-likeness (QED) is 0.521. The first-order valence-corrected chi connectivity index (χ1v) is 9.76. The Labute approximate surface area is 165 Å². The van der Waals surface area contributed by atoms with E-state index in [1.54, 1.807) is 18.2 Å². The number of alkyl halides is 2. The summed E-state index contributed by atoms with van der Waals surface area (Å²) in [5.41, 5.74) is 0.729. The van der Waals surface area contributed by atoms with Crippen LogP contribution in [-0.4, -0.2) is 28.5 Å². The van der Waals surface area contributed by atoms with Crippen molar-refractivity contribution in [1.29, 1.82) is 0 Å². The number of halogens is 3. The number of benzene rings is 1. The van der Waals surface area contributed by atoms with E-state index < -0.39 is 5.92 Å².